The van der Waals surface area contributed by atoms with Gasteiger partial charge in [0, 0.05) is 33.4 Å². The van der Waals surface area contributed by atoms with E-state index in [2.05, 4.69) is 0 Å². The highest BCUT2D eigenvalue weighted by molar-refractivity contribution is 5.54. The van der Waals surface area contributed by atoms with Gasteiger partial charge in [-0.25, -0.2) is 14.4 Å². The molecule has 0 unspecified atom stereocenters. The standard InChI is InChI=1S/C45H63N3O9/c1-40(2,3)28-19-25(20-29(34(28)49)41(4,5)6)55-46-37(52)47(56-26-21-30(42(7,8)9)35(50)31(22-26)43(10,11)12)39(54)48(38(46)53)57-27-23-32(44(13,14)15)36(51)33(24-27)45(16,17)18/h19-24,49-51H,1-18H3. The van der Waals surface area contributed by atoms with Gasteiger partial charge in [0.15, 0.2) is 17.2 Å². The van der Waals surface area contributed by atoms with Gasteiger partial charge in [0.05, 0.1) is 0 Å². The van der Waals surface area contributed by atoms with Crippen LogP contribution in [0.15, 0.2) is 50.8 Å². The predicted molar refractivity (Wildman–Crippen MR) is 224 cm³/mol. The van der Waals surface area contributed by atoms with Crippen LogP contribution in [0.1, 0.15) is 158 Å². The van der Waals surface area contributed by atoms with Crippen molar-refractivity contribution >= 4 is 0 Å². The molecule has 0 radical (unpaired) electrons. The Morgan fingerprint density at radius 1 is 0.333 bits per heavy atom. The van der Waals surface area contributed by atoms with Crippen molar-refractivity contribution in [2.75, 3.05) is 0 Å². The predicted octanol–water partition coefficient (Wildman–Crippen LogP) is 8.60. The zero-order valence-corrected chi connectivity index (χ0v) is 37.1. The first-order valence-corrected chi connectivity index (χ1v) is 19.2. The number of phenols is 3. The minimum absolute atomic E-state index is 0.0305. The molecule has 4 rings (SSSR count). The molecule has 0 atom stereocenters. The van der Waals surface area contributed by atoms with E-state index in [0.29, 0.717) is 47.6 Å². The van der Waals surface area contributed by atoms with Crippen LogP contribution in [0.25, 0.3) is 0 Å². The van der Waals surface area contributed by atoms with E-state index < -0.39 is 49.6 Å². The molecule has 4 aromatic rings. The lowest BCUT2D eigenvalue weighted by molar-refractivity contribution is 0.0650. The third-order valence-corrected chi connectivity index (χ3v) is 9.73. The Labute approximate surface area is 336 Å². The number of rotatable bonds is 6. The van der Waals surface area contributed by atoms with Crippen molar-refractivity contribution in [3.05, 3.63) is 101 Å². The summed E-state index contributed by atoms with van der Waals surface area (Å²) < 4.78 is 1.08. The molecule has 0 amide bonds. The van der Waals surface area contributed by atoms with Crippen molar-refractivity contribution in [3.63, 3.8) is 0 Å². The number of hydrogen-bond donors (Lipinski definition) is 3. The molecule has 0 spiro atoms. The summed E-state index contributed by atoms with van der Waals surface area (Å²) in [6.07, 6.45) is 0. The summed E-state index contributed by atoms with van der Waals surface area (Å²) in [5.41, 5.74) is -4.34. The number of aromatic nitrogens is 3. The van der Waals surface area contributed by atoms with Gasteiger partial charge in [0.2, 0.25) is 0 Å². The molecule has 0 bridgehead atoms. The second-order valence-corrected chi connectivity index (χ2v) is 21.1. The quantitative estimate of drug-likeness (QED) is 0.174. The highest BCUT2D eigenvalue weighted by Crippen LogP contribution is 2.44. The molecule has 1 heterocycles. The summed E-state index contributed by atoms with van der Waals surface area (Å²) in [4.78, 5) is 61.4. The monoisotopic (exact) mass is 789 g/mol. The smallest absolute Gasteiger partial charge is 0.404 e. The molecule has 0 aliphatic rings. The Bertz CT molecular complexity index is 1970. The topological polar surface area (TPSA) is 154 Å². The summed E-state index contributed by atoms with van der Waals surface area (Å²) in [6.45, 7) is 34.3. The van der Waals surface area contributed by atoms with Crippen LogP contribution in [-0.4, -0.2) is 29.5 Å². The number of nitrogens with zero attached hydrogens (tertiary/aromatic N) is 3. The Morgan fingerprint density at radius 3 is 0.596 bits per heavy atom. The first-order valence-electron chi connectivity index (χ1n) is 19.2. The van der Waals surface area contributed by atoms with E-state index in [0.717, 1.165) is 0 Å². The van der Waals surface area contributed by atoms with Crippen LogP contribution in [0.3, 0.4) is 0 Å². The van der Waals surface area contributed by atoms with Gasteiger partial charge in [0.25, 0.3) is 0 Å². The number of hydrogen-bond acceptors (Lipinski definition) is 9. The first kappa shape index (κ1) is 44.6. The molecule has 3 N–H and O–H groups in total. The minimum Gasteiger partial charge on any atom is -0.507 e. The molecule has 0 aliphatic heterocycles. The van der Waals surface area contributed by atoms with Crippen LogP contribution in [-0.2, 0) is 32.5 Å². The second kappa shape index (κ2) is 14.4. The van der Waals surface area contributed by atoms with Crippen molar-refractivity contribution in [1.82, 2.24) is 14.2 Å². The molecule has 0 aliphatic carbocycles. The lowest BCUT2D eigenvalue weighted by Crippen LogP contribution is -2.58. The van der Waals surface area contributed by atoms with E-state index in [1.807, 2.05) is 125 Å². The molecule has 0 saturated carbocycles. The molecule has 1 aromatic heterocycles. The normalized spacial score (nSPS) is 13.2. The second-order valence-electron chi connectivity index (χ2n) is 21.1. The van der Waals surface area contributed by atoms with Crippen molar-refractivity contribution in [3.8, 4) is 34.5 Å². The maximum atomic E-state index is 14.4. The molecule has 0 fully saturated rings. The maximum absolute atomic E-state index is 14.4. The van der Waals surface area contributed by atoms with Crippen LogP contribution >= 0.6 is 0 Å². The van der Waals surface area contributed by atoms with E-state index in [1.54, 1.807) is 0 Å². The lowest BCUT2D eigenvalue weighted by atomic mass is 9.79. The number of phenolic OH excluding ortho intramolecular Hbond substituents is 3. The highest BCUT2D eigenvalue weighted by atomic mass is 16.7. The molecule has 57 heavy (non-hydrogen) atoms. The zero-order chi connectivity index (χ0) is 43.8. The molecule has 12 nitrogen and oxygen atoms in total. The molecule has 12 heteroatoms. The molecule has 0 saturated heterocycles. The van der Waals surface area contributed by atoms with Crippen molar-refractivity contribution in [1.29, 1.82) is 0 Å². The van der Waals surface area contributed by atoms with Crippen molar-refractivity contribution in [2.24, 2.45) is 0 Å². The number of benzene rings is 3. The van der Waals surface area contributed by atoms with Gasteiger partial charge < -0.3 is 29.8 Å². The van der Waals surface area contributed by atoms with Crippen LogP contribution in [0.5, 0.6) is 34.5 Å². The largest absolute Gasteiger partial charge is 0.507 e. The summed E-state index contributed by atoms with van der Waals surface area (Å²) >= 11 is 0. The summed E-state index contributed by atoms with van der Waals surface area (Å²) in [5, 5.41) is 34.1. The van der Waals surface area contributed by atoms with Gasteiger partial charge in [-0.15, -0.1) is 0 Å². The average molecular weight is 790 g/mol. The van der Waals surface area contributed by atoms with Gasteiger partial charge >= 0.3 is 17.1 Å². The fourth-order valence-electron chi connectivity index (χ4n) is 6.46. The Kier molecular flexibility index (Phi) is 11.2. The van der Waals surface area contributed by atoms with Gasteiger partial charge in [0.1, 0.15) is 17.2 Å². The Hall–Kier alpha value is -5.13. The van der Waals surface area contributed by atoms with E-state index in [1.165, 1.54) is 36.4 Å². The van der Waals surface area contributed by atoms with Crippen LogP contribution < -0.4 is 31.6 Å². The van der Waals surface area contributed by atoms with Crippen LogP contribution in [0.4, 0.5) is 0 Å². The molecular formula is C45H63N3O9. The summed E-state index contributed by atoms with van der Waals surface area (Å²) in [6, 6.07) is 9.22. The van der Waals surface area contributed by atoms with E-state index in [4.69, 9.17) is 14.5 Å². The van der Waals surface area contributed by atoms with Gasteiger partial charge in [-0.05, 0) is 68.9 Å². The van der Waals surface area contributed by atoms with E-state index in [9.17, 15) is 29.7 Å². The van der Waals surface area contributed by atoms with E-state index in [-0.39, 0.29) is 34.5 Å². The summed E-state index contributed by atoms with van der Waals surface area (Å²) in [7, 11) is 0. The zero-order valence-electron chi connectivity index (χ0n) is 37.1. The number of aromatic hydroxyl groups is 3. The third kappa shape index (κ3) is 9.21. The highest BCUT2D eigenvalue weighted by Gasteiger charge is 2.32. The van der Waals surface area contributed by atoms with Gasteiger partial charge in [-0.1, -0.05) is 139 Å². The minimum atomic E-state index is -1.29. The molecular weight excluding hydrogens is 727 g/mol. The SMILES string of the molecule is CC(C)(C)c1cc(On2c(=O)n(Oc3cc(C(C)(C)C)c(O)c(C(C)(C)C)c3)c(=O)n(Oc3cc(C(C)(C)C)c(O)c(C(C)(C)C)c3)c2=O)cc(C(C)(C)C)c1O. The third-order valence-electron chi connectivity index (χ3n) is 9.73. The van der Waals surface area contributed by atoms with Crippen molar-refractivity contribution in [2.45, 2.75) is 157 Å². The van der Waals surface area contributed by atoms with Crippen LogP contribution in [0, 0.1) is 0 Å². The van der Waals surface area contributed by atoms with E-state index >= 15 is 0 Å². The fraction of sp³-hybridized carbons (Fsp3) is 0.533. The van der Waals surface area contributed by atoms with Crippen molar-refractivity contribution < 1.29 is 29.8 Å². The average Bonchev–Trinajstić information content (AvgIpc) is 3.02. The fourth-order valence-corrected chi connectivity index (χ4v) is 6.46. The maximum Gasteiger partial charge on any atom is 0.404 e. The molecule has 312 valence electrons. The Morgan fingerprint density at radius 2 is 0.474 bits per heavy atom. The van der Waals surface area contributed by atoms with Crippen LogP contribution in [0.2, 0.25) is 0 Å². The lowest BCUT2D eigenvalue weighted by Gasteiger charge is -2.28. The van der Waals surface area contributed by atoms with Gasteiger partial charge in [-0.2, -0.15) is 0 Å². The summed E-state index contributed by atoms with van der Waals surface area (Å²) in [5.74, 6) is 0.250. The molecule has 3 aromatic carbocycles. The van der Waals surface area contributed by atoms with Gasteiger partial charge in [-0.3, -0.25) is 0 Å². The Balaban J connectivity index is 2.12. The first-order chi connectivity index (χ1) is 25.5.